The molecule has 1 aliphatic rings. The van der Waals surface area contributed by atoms with E-state index < -0.39 is 5.92 Å². The van der Waals surface area contributed by atoms with Crippen LogP contribution >= 0.6 is 11.3 Å². The van der Waals surface area contributed by atoms with E-state index in [1.54, 1.807) is 19.1 Å². The molecule has 1 unspecified atom stereocenters. The predicted octanol–water partition coefficient (Wildman–Crippen LogP) is 3.44. The van der Waals surface area contributed by atoms with E-state index in [2.05, 4.69) is 10.1 Å². The van der Waals surface area contributed by atoms with Gasteiger partial charge in [-0.15, -0.1) is 0 Å². The van der Waals surface area contributed by atoms with Crippen LogP contribution in [-0.2, 0) is 9.59 Å². The van der Waals surface area contributed by atoms with Crippen LogP contribution in [0.5, 0.6) is 0 Å². The minimum atomic E-state index is -0.809. The van der Waals surface area contributed by atoms with E-state index in [1.165, 1.54) is 20.9 Å². The van der Waals surface area contributed by atoms with Crippen LogP contribution in [0.1, 0.15) is 29.2 Å². The van der Waals surface area contributed by atoms with Crippen molar-refractivity contribution >= 4 is 39.1 Å². The smallest absolute Gasteiger partial charge is 0.277 e. The van der Waals surface area contributed by atoms with Crippen molar-refractivity contribution in [3.63, 3.8) is 0 Å². The van der Waals surface area contributed by atoms with Gasteiger partial charge in [0, 0.05) is 12.1 Å². The molecule has 1 atom stereocenters. The molecule has 0 saturated carbocycles. The van der Waals surface area contributed by atoms with Gasteiger partial charge in [-0.1, -0.05) is 41.7 Å². The van der Waals surface area contributed by atoms with Crippen LogP contribution in [0.15, 0.2) is 53.3 Å². The van der Waals surface area contributed by atoms with Crippen molar-refractivity contribution in [1.82, 2.24) is 14.8 Å². The van der Waals surface area contributed by atoms with Crippen LogP contribution < -0.4 is 10.5 Å². The van der Waals surface area contributed by atoms with Crippen LogP contribution in [0.3, 0.4) is 0 Å². The Labute approximate surface area is 175 Å². The molecule has 5 rings (SSSR count). The van der Waals surface area contributed by atoms with Gasteiger partial charge < -0.3 is 0 Å². The van der Waals surface area contributed by atoms with Gasteiger partial charge in [0.15, 0.2) is 0 Å². The summed E-state index contributed by atoms with van der Waals surface area (Å²) >= 11 is 1.39. The maximum Gasteiger partial charge on any atom is 0.277 e. The van der Waals surface area contributed by atoms with E-state index in [1.807, 2.05) is 43.3 Å². The molecule has 0 aliphatic carbocycles. The highest BCUT2D eigenvalue weighted by atomic mass is 32.1. The summed E-state index contributed by atoms with van der Waals surface area (Å²) in [5.74, 6) is -1.48. The maximum atomic E-state index is 13.2. The topological polar surface area (TPSA) is 88.1 Å². The van der Waals surface area contributed by atoms with Crippen molar-refractivity contribution in [3.05, 3.63) is 75.7 Å². The Morgan fingerprint density at radius 1 is 1.03 bits per heavy atom. The Kier molecular flexibility index (Phi) is 4.18. The number of hydrogen-bond acceptors (Lipinski definition) is 5. The average molecular weight is 418 g/mol. The normalized spacial score (nSPS) is 16.7. The first kappa shape index (κ1) is 18.5. The number of carbonyl (C=O) groups excluding carboxylic acids is 2. The van der Waals surface area contributed by atoms with Crippen LogP contribution in [0.4, 0.5) is 5.69 Å². The van der Waals surface area contributed by atoms with E-state index >= 15 is 0 Å². The molecule has 1 fully saturated rings. The molecule has 1 saturated heterocycles. The summed E-state index contributed by atoms with van der Waals surface area (Å²) in [6.45, 7) is 3.60. The number of aromatic nitrogens is 3. The molecule has 1 N–H and O–H groups in total. The highest BCUT2D eigenvalue weighted by Gasteiger charge is 2.43. The zero-order valence-corrected chi connectivity index (χ0v) is 17.2. The highest BCUT2D eigenvalue weighted by molar-refractivity contribution is 7.20. The molecule has 8 heteroatoms. The molecule has 1 aliphatic heterocycles. The molecule has 150 valence electrons. The van der Waals surface area contributed by atoms with Gasteiger partial charge in [0.25, 0.3) is 5.56 Å². The number of aromatic amines is 1. The minimum Gasteiger partial charge on any atom is -0.293 e. The van der Waals surface area contributed by atoms with E-state index in [0.29, 0.717) is 22.1 Å². The number of aryl methyl sites for hydroxylation is 2. The van der Waals surface area contributed by atoms with E-state index in [-0.39, 0.29) is 23.8 Å². The Morgan fingerprint density at radius 2 is 1.77 bits per heavy atom. The molecule has 0 bridgehead atoms. The average Bonchev–Trinajstić information content (AvgIpc) is 3.36. The first-order valence-electron chi connectivity index (χ1n) is 9.55. The van der Waals surface area contributed by atoms with Crippen molar-refractivity contribution in [2.24, 2.45) is 0 Å². The van der Waals surface area contributed by atoms with Crippen molar-refractivity contribution in [2.45, 2.75) is 26.2 Å². The molecule has 0 radical (unpaired) electrons. The largest absolute Gasteiger partial charge is 0.293 e. The standard InChI is InChI=1S/C22H18N4O3S/c1-12-7-3-5-9-16(12)25-18(27)11-14(20(25)28)19-13(2)24-26(21(19)29)22-23-15-8-4-6-10-17(15)30-22/h3-10,14,24H,11H2,1-2H3. The van der Waals surface area contributed by atoms with E-state index in [4.69, 9.17) is 0 Å². The molecule has 7 nitrogen and oxygen atoms in total. The fourth-order valence-corrected chi connectivity index (χ4v) is 4.91. The number of anilines is 1. The van der Waals surface area contributed by atoms with Gasteiger partial charge in [-0.3, -0.25) is 19.5 Å². The summed E-state index contributed by atoms with van der Waals surface area (Å²) in [4.78, 5) is 44.9. The number of fused-ring (bicyclic) bond motifs is 1. The lowest BCUT2D eigenvalue weighted by Crippen LogP contribution is -2.31. The van der Waals surface area contributed by atoms with Crippen LogP contribution in [0.2, 0.25) is 0 Å². The zero-order chi connectivity index (χ0) is 21.0. The first-order chi connectivity index (χ1) is 14.5. The van der Waals surface area contributed by atoms with Gasteiger partial charge in [0.05, 0.1) is 27.4 Å². The Balaban J connectivity index is 1.57. The maximum absolute atomic E-state index is 13.2. The van der Waals surface area contributed by atoms with Crippen molar-refractivity contribution in [3.8, 4) is 5.13 Å². The molecule has 2 aromatic heterocycles. The quantitative estimate of drug-likeness (QED) is 0.516. The number of nitrogens with one attached hydrogen (secondary N) is 1. The first-order valence-corrected chi connectivity index (χ1v) is 10.4. The van der Waals surface area contributed by atoms with Gasteiger partial charge in [0.1, 0.15) is 0 Å². The van der Waals surface area contributed by atoms with Crippen molar-refractivity contribution in [2.75, 3.05) is 4.90 Å². The Hall–Kier alpha value is -3.52. The molecule has 4 aromatic rings. The second-order valence-electron chi connectivity index (χ2n) is 7.37. The molecular weight excluding hydrogens is 400 g/mol. The monoisotopic (exact) mass is 418 g/mol. The van der Waals surface area contributed by atoms with E-state index in [9.17, 15) is 14.4 Å². The van der Waals surface area contributed by atoms with Gasteiger partial charge in [0.2, 0.25) is 16.9 Å². The number of imide groups is 1. The van der Waals surface area contributed by atoms with Gasteiger partial charge in [-0.25, -0.2) is 9.88 Å². The SMILES string of the molecule is Cc1ccccc1N1C(=O)CC(c2c(C)[nH]n(-c3nc4ccccc4s3)c2=O)C1=O. The predicted molar refractivity (Wildman–Crippen MR) is 115 cm³/mol. The fourth-order valence-electron chi connectivity index (χ4n) is 3.99. The number of nitrogens with zero attached hydrogens (tertiary/aromatic N) is 3. The Bertz CT molecular complexity index is 1350. The van der Waals surface area contributed by atoms with Gasteiger partial charge in [-0.2, -0.15) is 4.68 Å². The third-order valence-electron chi connectivity index (χ3n) is 5.44. The number of hydrogen-bond donors (Lipinski definition) is 1. The molecule has 2 amide bonds. The lowest BCUT2D eigenvalue weighted by molar-refractivity contribution is -0.121. The lowest BCUT2D eigenvalue weighted by Gasteiger charge is -2.17. The molecule has 2 aromatic carbocycles. The number of H-pyrrole nitrogens is 1. The van der Waals surface area contributed by atoms with Crippen molar-refractivity contribution in [1.29, 1.82) is 0 Å². The second-order valence-corrected chi connectivity index (χ2v) is 8.37. The number of thiazole rings is 1. The summed E-state index contributed by atoms with van der Waals surface area (Å²) < 4.78 is 2.33. The molecule has 3 heterocycles. The van der Waals surface area contributed by atoms with Crippen LogP contribution in [0, 0.1) is 13.8 Å². The van der Waals surface area contributed by atoms with Crippen LogP contribution in [0.25, 0.3) is 15.3 Å². The fraction of sp³-hybridized carbons (Fsp3) is 0.182. The number of rotatable bonds is 3. The number of carbonyl (C=O) groups is 2. The summed E-state index contributed by atoms with van der Waals surface area (Å²) in [7, 11) is 0. The second kappa shape index (κ2) is 6.77. The lowest BCUT2D eigenvalue weighted by atomic mass is 9.98. The summed E-state index contributed by atoms with van der Waals surface area (Å²) in [6.07, 6.45) is -0.0268. The number of benzene rings is 2. The Morgan fingerprint density at radius 3 is 2.53 bits per heavy atom. The van der Waals surface area contributed by atoms with Gasteiger partial charge in [-0.05, 0) is 37.6 Å². The molecule has 30 heavy (non-hydrogen) atoms. The van der Waals surface area contributed by atoms with Gasteiger partial charge >= 0.3 is 0 Å². The summed E-state index contributed by atoms with van der Waals surface area (Å²) in [6, 6.07) is 14.9. The third kappa shape index (κ3) is 2.72. The molecular formula is C22H18N4O3S. The minimum absolute atomic E-state index is 0.0268. The number of para-hydroxylation sites is 2. The zero-order valence-electron chi connectivity index (χ0n) is 16.4. The highest BCUT2D eigenvalue weighted by Crippen LogP contribution is 2.34. The van der Waals surface area contributed by atoms with E-state index in [0.717, 1.165) is 15.8 Å². The van der Waals surface area contributed by atoms with Crippen LogP contribution in [-0.4, -0.2) is 26.6 Å². The number of amides is 2. The summed E-state index contributed by atoms with van der Waals surface area (Å²) in [5.41, 5.74) is 2.74. The van der Waals surface area contributed by atoms with Crippen molar-refractivity contribution < 1.29 is 9.59 Å². The molecule has 0 spiro atoms. The third-order valence-corrected chi connectivity index (χ3v) is 6.46. The summed E-state index contributed by atoms with van der Waals surface area (Å²) in [5, 5.41) is 3.54.